The van der Waals surface area contributed by atoms with Crippen molar-refractivity contribution in [2.24, 2.45) is 0 Å². The summed E-state index contributed by atoms with van der Waals surface area (Å²) in [6.07, 6.45) is 5.17. The Labute approximate surface area is 95.3 Å². The van der Waals surface area contributed by atoms with Crippen LogP contribution in [0.1, 0.15) is 24.8 Å². The first-order valence-electron chi connectivity index (χ1n) is 5.48. The summed E-state index contributed by atoms with van der Waals surface area (Å²) in [6.45, 7) is 0. The third-order valence-corrected chi connectivity index (χ3v) is 2.99. The molecule has 1 aromatic rings. The van der Waals surface area contributed by atoms with Gasteiger partial charge in [0.15, 0.2) is 0 Å². The van der Waals surface area contributed by atoms with Crippen LogP contribution in [0.2, 0.25) is 0 Å². The zero-order valence-electron chi connectivity index (χ0n) is 9.31. The number of nitrogens with zero attached hydrogens (tertiary/aromatic N) is 2. The second-order valence-corrected chi connectivity index (χ2v) is 4.02. The van der Waals surface area contributed by atoms with E-state index in [4.69, 9.17) is 10.00 Å². The number of rotatable bonds is 3. The average Bonchev–Trinajstić information content (AvgIpc) is 2.77. The number of anilines is 1. The van der Waals surface area contributed by atoms with Gasteiger partial charge in [0.2, 0.25) is 0 Å². The maximum absolute atomic E-state index is 8.94. The number of hydrogen-bond donors (Lipinski definition) is 1. The van der Waals surface area contributed by atoms with Crippen LogP contribution < -0.4 is 5.32 Å². The molecular formula is C12H15N3O. The van der Waals surface area contributed by atoms with Crippen molar-refractivity contribution in [3.63, 3.8) is 0 Å². The fourth-order valence-corrected chi connectivity index (χ4v) is 2.09. The first-order chi connectivity index (χ1) is 7.83. The minimum atomic E-state index is 0.340. The van der Waals surface area contributed by atoms with Gasteiger partial charge in [-0.2, -0.15) is 5.26 Å². The van der Waals surface area contributed by atoms with Gasteiger partial charge in [-0.3, -0.25) is 0 Å². The molecule has 2 rings (SSSR count). The molecule has 1 fully saturated rings. The molecule has 0 spiro atoms. The molecular weight excluding hydrogens is 202 g/mol. The molecule has 0 bridgehead atoms. The maximum atomic E-state index is 8.94. The minimum Gasteiger partial charge on any atom is -0.381 e. The Morgan fingerprint density at radius 2 is 2.44 bits per heavy atom. The monoisotopic (exact) mass is 217 g/mol. The Kier molecular flexibility index (Phi) is 3.37. The van der Waals surface area contributed by atoms with Gasteiger partial charge in [-0.1, -0.05) is 0 Å². The lowest BCUT2D eigenvalue weighted by Crippen LogP contribution is -2.18. The smallest absolute Gasteiger partial charge is 0.144 e. The lowest BCUT2D eigenvalue weighted by atomic mass is 10.2. The molecule has 1 aromatic heterocycles. The molecule has 1 saturated carbocycles. The highest BCUT2D eigenvalue weighted by Crippen LogP contribution is 2.25. The summed E-state index contributed by atoms with van der Waals surface area (Å²) >= 11 is 0. The van der Waals surface area contributed by atoms with Crippen LogP contribution in [0.4, 0.5) is 5.82 Å². The van der Waals surface area contributed by atoms with E-state index in [0.29, 0.717) is 23.5 Å². The molecule has 2 unspecified atom stereocenters. The van der Waals surface area contributed by atoms with Crippen molar-refractivity contribution in [3.8, 4) is 6.07 Å². The normalized spacial score (nSPS) is 24.0. The van der Waals surface area contributed by atoms with Crippen LogP contribution in [0.15, 0.2) is 18.3 Å². The van der Waals surface area contributed by atoms with Gasteiger partial charge in [0.1, 0.15) is 11.9 Å². The predicted molar refractivity (Wildman–Crippen MR) is 61.0 cm³/mol. The van der Waals surface area contributed by atoms with E-state index in [9.17, 15) is 0 Å². The van der Waals surface area contributed by atoms with E-state index < -0.39 is 0 Å². The van der Waals surface area contributed by atoms with Crippen LogP contribution in [-0.2, 0) is 4.74 Å². The molecule has 0 aliphatic heterocycles. The van der Waals surface area contributed by atoms with E-state index in [-0.39, 0.29) is 0 Å². The number of hydrogen-bond acceptors (Lipinski definition) is 4. The number of aromatic nitrogens is 1. The molecule has 0 aromatic carbocycles. The van der Waals surface area contributed by atoms with Crippen molar-refractivity contribution >= 4 is 5.82 Å². The Balaban J connectivity index is 2.02. The summed E-state index contributed by atoms with van der Waals surface area (Å²) < 4.78 is 5.31. The Morgan fingerprint density at radius 1 is 1.56 bits per heavy atom. The van der Waals surface area contributed by atoms with E-state index in [0.717, 1.165) is 19.3 Å². The number of nitriles is 1. The second-order valence-electron chi connectivity index (χ2n) is 4.02. The van der Waals surface area contributed by atoms with Gasteiger partial charge < -0.3 is 10.1 Å². The molecule has 2 atom stereocenters. The van der Waals surface area contributed by atoms with Crippen molar-refractivity contribution in [2.75, 3.05) is 12.4 Å². The molecule has 84 valence electrons. The quantitative estimate of drug-likeness (QED) is 0.840. The predicted octanol–water partition coefficient (Wildman–Crippen LogP) is 1.93. The lowest BCUT2D eigenvalue weighted by molar-refractivity contribution is 0.108. The lowest BCUT2D eigenvalue weighted by Gasteiger charge is -2.14. The van der Waals surface area contributed by atoms with Gasteiger partial charge in [0, 0.05) is 19.3 Å². The molecule has 1 aliphatic rings. The fraction of sp³-hybridized carbons (Fsp3) is 0.500. The van der Waals surface area contributed by atoms with Crippen LogP contribution in [0, 0.1) is 11.3 Å². The van der Waals surface area contributed by atoms with E-state index >= 15 is 0 Å². The first-order valence-corrected chi connectivity index (χ1v) is 5.48. The highest BCUT2D eigenvalue weighted by Gasteiger charge is 2.24. The van der Waals surface area contributed by atoms with Gasteiger partial charge in [0.05, 0.1) is 11.7 Å². The summed E-state index contributed by atoms with van der Waals surface area (Å²) in [5.74, 6) is 0.687. The zero-order chi connectivity index (χ0) is 11.4. The van der Waals surface area contributed by atoms with Crippen LogP contribution in [0.5, 0.6) is 0 Å². The average molecular weight is 217 g/mol. The molecule has 16 heavy (non-hydrogen) atoms. The second kappa shape index (κ2) is 4.95. The summed E-state index contributed by atoms with van der Waals surface area (Å²) in [5.41, 5.74) is 0.600. The summed E-state index contributed by atoms with van der Waals surface area (Å²) in [4.78, 5) is 4.19. The topological polar surface area (TPSA) is 57.9 Å². The van der Waals surface area contributed by atoms with E-state index in [1.165, 1.54) is 0 Å². The summed E-state index contributed by atoms with van der Waals surface area (Å²) in [5, 5.41) is 12.2. The standard InChI is InChI=1S/C12H15N3O/c1-16-11-5-4-10(7-11)15-12-9(8-13)3-2-6-14-12/h2-3,6,10-11H,4-5,7H2,1H3,(H,14,15). The molecule has 1 aliphatic carbocycles. The van der Waals surface area contributed by atoms with Crippen molar-refractivity contribution < 1.29 is 4.74 Å². The molecule has 1 N–H and O–H groups in total. The highest BCUT2D eigenvalue weighted by molar-refractivity contribution is 5.51. The third-order valence-electron chi connectivity index (χ3n) is 2.99. The molecule has 4 heteroatoms. The van der Waals surface area contributed by atoms with E-state index in [2.05, 4.69) is 16.4 Å². The van der Waals surface area contributed by atoms with E-state index in [1.807, 2.05) is 0 Å². The highest BCUT2D eigenvalue weighted by atomic mass is 16.5. The van der Waals surface area contributed by atoms with Crippen LogP contribution in [0.25, 0.3) is 0 Å². The Bertz CT molecular complexity index is 399. The first kappa shape index (κ1) is 10.9. The van der Waals surface area contributed by atoms with Gasteiger partial charge in [-0.15, -0.1) is 0 Å². The zero-order valence-corrected chi connectivity index (χ0v) is 9.31. The number of nitrogens with one attached hydrogen (secondary N) is 1. The fourth-order valence-electron chi connectivity index (χ4n) is 2.09. The Hall–Kier alpha value is -1.60. The summed E-state index contributed by atoms with van der Waals surface area (Å²) in [6, 6.07) is 6.06. The summed E-state index contributed by atoms with van der Waals surface area (Å²) in [7, 11) is 1.74. The third kappa shape index (κ3) is 2.31. The van der Waals surface area contributed by atoms with Crippen molar-refractivity contribution in [1.82, 2.24) is 4.98 Å². The number of pyridine rings is 1. The van der Waals surface area contributed by atoms with E-state index in [1.54, 1.807) is 25.4 Å². The van der Waals surface area contributed by atoms with Gasteiger partial charge >= 0.3 is 0 Å². The molecule has 4 nitrogen and oxygen atoms in total. The Morgan fingerprint density at radius 3 is 3.12 bits per heavy atom. The SMILES string of the molecule is COC1CCC(Nc2ncccc2C#N)C1. The molecule has 1 heterocycles. The van der Waals surface area contributed by atoms with Gasteiger partial charge in [0.25, 0.3) is 0 Å². The van der Waals surface area contributed by atoms with Crippen molar-refractivity contribution in [3.05, 3.63) is 23.9 Å². The van der Waals surface area contributed by atoms with Crippen LogP contribution in [0.3, 0.4) is 0 Å². The van der Waals surface area contributed by atoms with Gasteiger partial charge in [-0.05, 0) is 31.4 Å². The van der Waals surface area contributed by atoms with Crippen molar-refractivity contribution in [1.29, 1.82) is 5.26 Å². The van der Waals surface area contributed by atoms with Crippen molar-refractivity contribution in [2.45, 2.75) is 31.4 Å². The molecule has 0 amide bonds. The molecule has 0 saturated heterocycles. The maximum Gasteiger partial charge on any atom is 0.144 e. The minimum absolute atomic E-state index is 0.340. The van der Waals surface area contributed by atoms with Gasteiger partial charge in [-0.25, -0.2) is 4.98 Å². The van der Waals surface area contributed by atoms with Crippen LogP contribution in [-0.4, -0.2) is 24.2 Å². The van der Waals surface area contributed by atoms with Crippen LogP contribution >= 0.6 is 0 Å². The largest absolute Gasteiger partial charge is 0.381 e. The number of ether oxygens (including phenoxy) is 1. The number of methoxy groups -OCH3 is 1. The molecule has 0 radical (unpaired) electrons.